The zero-order valence-electron chi connectivity index (χ0n) is 9.60. The Morgan fingerprint density at radius 1 is 1.37 bits per heavy atom. The van der Waals surface area contributed by atoms with Gasteiger partial charge < -0.3 is 20.3 Å². The summed E-state index contributed by atoms with van der Waals surface area (Å²) in [5, 5.41) is 20.1. The van der Waals surface area contributed by atoms with Gasteiger partial charge in [-0.25, -0.2) is 4.79 Å². The van der Waals surface area contributed by atoms with Crippen LogP contribution >= 0.6 is 23.2 Å². The van der Waals surface area contributed by atoms with Crippen LogP contribution in [-0.2, 0) is 9.59 Å². The summed E-state index contributed by atoms with van der Waals surface area (Å²) in [5.74, 6) is -1.77. The van der Waals surface area contributed by atoms with Crippen LogP contribution in [0.3, 0.4) is 0 Å². The molecule has 0 saturated heterocycles. The van der Waals surface area contributed by atoms with E-state index in [0.717, 1.165) is 0 Å². The van der Waals surface area contributed by atoms with E-state index in [-0.39, 0.29) is 10.8 Å². The van der Waals surface area contributed by atoms with E-state index in [1.807, 2.05) is 0 Å². The first-order valence-electron chi connectivity index (χ1n) is 5.15. The Balaban J connectivity index is 2.52. The molecular weight excluding hydrogens is 297 g/mol. The van der Waals surface area contributed by atoms with Crippen molar-refractivity contribution in [1.29, 1.82) is 0 Å². The highest BCUT2D eigenvalue weighted by atomic mass is 35.5. The molecule has 1 aromatic rings. The van der Waals surface area contributed by atoms with Crippen molar-refractivity contribution in [3.05, 3.63) is 28.2 Å². The number of carboxylic acid groups (broad SMARTS) is 1. The third kappa shape index (κ3) is 4.94. The fourth-order valence-electron chi connectivity index (χ4n) is 1.16. The zero-order chi connectivity index (χ0) is 14.4. The predicted molar refractivity (Wildman–Crippen MR) is 68.6 cm³/mol. The van der Waals surface area contributed by atoms with E-state index in [1.165, 1.54) is 18.2 Å². The number of aliphatic hydroxyl groups excluding tert-OH is 1. The Labute approximate surface area is 118 Å². The summed E-state index contributed by atoms with van der Waals surface area (Å²) in [5.41, 5.74) is 0. The van der Waals surface area contributed by atoms with Gasteiger partial charge in [-0.15, -0.1) is 0 Å². The Hall–Kier alpha value is -1.50. The Morgan fingerprint density at radius 3 is 2.58 bits per heavy atom. The lowest BCUT2D eigenvalue weighted by Gasteiger charge is -2.12. The Morgan fingerprint density at radius 2 is 2.05 bits per heavy atom. The van der Waals surface area contributed by atoms with Crippen LogP contribution in [0.4, 0.5) is 0 Å². The van der Waals surface area contributed by atoms with Crippen LogP contribution in [0.25, 0.3) is 0 Å². The summed E-state index contributed by atoms with van der Waals surface area (Å²) in [6, 6.07) is 3.11. The lowest BCUT2D eigenvalue weighted by molar-refractivity contribution is -0.143. The average Bonchev–Trinajstić information content (AvgIpc) is 2.34. The van der Waals surface area contributed by atoms with Gasteiger partial charge in [-0.3, -0.25) is 4.79 Å². The third-order valence-corrected chi connectivity index (χ3v) is 2.60. The molecule has 0 unspecified atom stereocenters. The lowest BCUT2D eigenvalue weighted by atomic mass is 10.3. The molecule has 0 radical (unpaired) electrons. The number of amides is 1. The van der Waals surface area contributed by atoms with Crippen LogP contribution in [-0.4, -0.2) is 41.3 Å². The standard InChI is InChI=1S/C11H11Cl2NO5/c12-6-1-2-9(7(13)3-6)19-5-10(16)14-8(4-15)11(17)18/h1-3,8,15H,4-5H2,(H,14,16)(H,17,18)/t8-/m0/s1. The number of benzene rings is 1. The number of hydrogen-bond acceptors (Lipinski definition) is 4. The molecule has 0 spiro atoms. The predicted octanol–water partition coefficient (Wildman–Crippen LogP) is 0.934. The number of ether oxygens (including phenoxy) is 1. The van der Waals surface area contributed by atoms with E-state index < -0.39 is 31.1 Å². The second-order valence-electron chi connectivity index (χ2n) is 3.50. The Kier molecular flexibility index (Phi) is 5.88. The van der Waals surface area contributed by atoms with E-state index in [1.54, 1.807) is 0 Å². The molecule has 0 saturated carbocycles. The molecule has 0 bridgehead atoms. The maximum absolute atomic E-state index is 11.4. The first-order chi connectivity index (χ1) is 8.93. The fraction of sp³-hybridized carbons (Fsp3) is 0.273. The summed E-state index contributed by atoms with van der Waals surface area (Å²) in [7, 11) is 0. The molecular formula is C11H11Cl2NO5. The van der Waals surface area contributed by atoms with Crippen molar-refractivity contribution in [1.82, 2.24) is 5.32 Å². The van der Waals surface area contributed by atoms with E-state index in [9.17, 15) is 9.59 Å². The van der Waals surface area contributed by atoms with Crippen LogP contribution in [0.1, 0.15) is 0 Å². The van der Waals surface area contributed by atoms with Crippen molar-refractivity contribution in [2.24, 2.45) is 0 Å². The van der Waals surface area contributed by atoms with Gasteiger partial charge in [-0.1, -0.05) is 23.2 Å². The molecule has 104 valence electrons. The average molecular weight is 308 g/mol. The number of halogens is 2. The van der Waals surface area contributed by atoms with Gasteiger partial charge in [-0.2, -0.15) is 0 Å². The smallest absolute Gasteiger partial charge is 0.328 e. The number of nitrogens with one attached hydrogen (secondary N) is 1. The number of carbonyl (C=O) groups excluding carboxylic acids is 1. The van der Waals surface area contributed by atoms with Crippen molar-refractivity contribution < 1.29 is 24.5 Å². The number of hydrogen-bond donors (Lipinski definition) is 3. The molecule has 0 aliphatic heterocycles. The van der Waals surface area contributed by atoms with Crippen LogP contribution < -0.4 is 10.1 Å². The number of carboxylic acids is 1. The molecule has 19 heavy (non-hydrogen) atoms. The van der Waals surface area contributed by atoms with Gasteiger partial charge in [-0.05, 0) is 18.2 Å². The summed E-state index contributed by atoms with van der Waals surface area (Å²) >= 11 is 11.5. The van der Waals surface area contributed by atoms with Gasteiger partial charge in [0.25, 0.3) is 5.91 Å². The SMILES string of the molecule is O=C(COc1ccc(Cl)cc1Cl)N[C@@H](CO)C(=O)O. The molecule has 0 aliphatic carbocycles. The van der Waals surface area contributed by atoms with Crippen LogP contribution in [0, 0.1) is 0 Å². The highest BCUT2D eigenvalue weighted by Crippen LogP contribution is 2.27. The molecule has 0 aromatic heterocycles. The number of aliphatic carboxylic acids is 1. The van der Waals surface area contributed by atoms with Gasteiger partial charge in [0.2, 0.25) is 0 Å². The first kappa shape index (κ1) is 15.6. The number of rotatable bonds is 6. The second-order valence-corrected chi connectivity index (χ2v) is 4.35. The monoisotopic (exact) mass is 307 g/mol. The third-order valence-electron chi connectivity index (χ3n) is 2.07. The van der Waals surface area contributed by atoms with E-state index in [4.69, 9.17) is 38.2 Å². The van der Waals surface area contributed by atoms with Gasteiger partial charge in [0.1, 0.15) is 11.8 Å². The highest BCUT2D eigenvalue weighted by Gasteiger charge is 2.18. The van der Waals surface area contributed by atoms with Crippen molar-refractivity contribution >= 4 is 35.1 Å². The molecule has 8 heteroatoms. The second kappa shape index (κ2) is 7.18. The summed E-state index contributed by atoms with van der Waals surface area (Å²) in [6.07, 6.45) is 0. The number of aliphatic hydroxyl groups is 1. The molecule has 1 atom stereocenters. The van der Waals surface area contributed by atoms with Gasteiger partial charge in [0.05, 0.1) is 11.6 Å². The molecule has 1 rings (SSSR count). The summed E-state index contributed by atoms with van der Waals surface area (Å²) in [4.78, 5) is 22.0. The molecule has 1 amide bonds. The number of carbonyl (C=O) groups is 2. The van der Waals surface area contributed by atoms with E-state index in [0.29, 0.717) is 5.02 Å². The molecule has 0 heterocycles. The van der Waals surface area contributed by atoms with Gasteiger partial charge in [0, 0.05) is 5.02 Å². The molecule has 6 nitrogen and oxygen atoms in total. The maximum Gasteiger partial charge on any atom is 0.328 e. The minimum absolute atomic E-state index is 0.234. The van der Waals surface area contributed by atoms with Crippen molar-refractivity contribution in [3.63, 3.8) is 0 Å². The molecule has 1 aromatic carbocycles. The topological polar surface area (TPSA) is 95.9 Å². The largest absolute Gasteiger partial charge is 0.482 e. The quantitative estimate of drug-likeness (QED) is 0.726. The summed E-state index contributed by atoms with van der Waals surface area (Å²) in [6.45, 7) is -1.13. The Bertz CT molecular complexity index is 480. The highest BCUT2D eigenvalue weighted by molar-refractivity contribution is 6.35. The van der Waals surface area contributed by atoms with Crippen LogP contribution in [0.5, 0.6) is 5.75 Å². The minimum atomic E-state index is -1.36. The molecule has 0 aliphatic rings. The minimum Gasteiger partial charge on any atom is -0.482 e. The van der Waals surface area contributed by atoms with Crippen molar-refractivity contribution in [2.75, 3.05) is 13.2 Å². The van der Waals surface area contributed by atoms with Gasteiger partial charge >= 0.3 is 5.97 Å². The maximum atomic E-state index is 11.4. The van der Waals surface area contributed by atoms with Crippen molar-refractivity contribution in [2.45, 2.75) is 6.04 Å². The lowest BCUT2D eigenvalue weighted by Crippen LogP contribution is -2.45. The van der Waals surface area contributed by atoms with Gasteiger partial charge in [0.15, 0.2) is 6.61 Å². The van der Waals surface area contributed by atoms with Crippen LogP contribution in [0.15, 0.2) is 18.2 Å². The first-order valence-corrected chi connectivity index (χ1v) is 5.90. The van der Waals surface area contributed by atoms with E-state index >= 15 is 0 Å². The normalized spacial score (nSPS) is 11.7. The molecule has 3 N–H and O–H groups in total. The fourth-order valence-corrected chi connectivity index (χ4v) is 1.62. The van der Waals surface area contributed by atoms with Crippen molar-refractivity contribution in [3.8, 4) is 5.75 Å². The zero-order valence-corrected chi connectivity index (χ0v) is 11.1. The summed E-state index contributed by atoms with van der Waals surface area (Å²) < 4.78 is 5.10. The van der Waals surface area contributed by atoms with E-state index in [2.05, 4.69) is 5.32 Å². The molecule has 0 fully saturated rings. The van der Waals surface area contributed by atoms with Crippen LogP contribution in [0.2, 0.25) is 10.0 Å².